The highest BCUT2D eigenvalue weighted by atomic mass is 19.4. The van der Waals surface area contributed by atoms with Crippen molar-refractivity contribution in [3.63, 3.8) is 0 Å². The molecule has 0 unspecified atom stereocenters. The quantitative estimate of drug-likeness (QED) is 0.261. The second-order valence-electron chi connectivity index (χ2n) is 9.68. The summed E-state index contributed by atoms with van der Waals surface area (Å²) in [4.78, 5) is 28.5. The van der Waals surface area contributed by atoms with E-state index in [2.05, 4.69) is 15.0 Å². The van der Waals surface area contributed by atoms with E-state index in [1.807, 2.05) is 0 Å². The molecule has 0 spiro atoms. The summed E-state index contributed by atoms with van der Waals surface area (Å²) in [5, 5.41) is 2.40. The summed E-state index contributed by atoms with van der Waals surface area (Å²) in [5.41, 5.74) is 4.68. The number of rotatable bonds is 8. The van der Waals surface area contributed by atoms with E-state index < -0.39 is 59.1 Å². The molecule has 230 valence electrons. The fourth-order valence-corrected chi connectivity index (χ4v) is 4.78. The number of halogens is 7. The highest BCUT2D eigenvalue weighted by Crippen LogP contribution is 2.45. The number of hydrogen-bond acceptors (Lipinski definition) is 6. The van der Waals surface area contributed by atoms with E-state index in [0.29, 0.717) is 0 Å². The van der Waals surface area contributed by atoms with Gasteiger partial charge in [0.05, 0.1) is 13.0 Å². The van der Waals surface area contributed by atoms with Gasteiger partial charge in [-0.1, -0.05) is 0 Å². The molecular formula is C28H24F7N3O5. The number of nitrogens with two attached hydrogens (primary N) is 1. The van der Waals surface area contributed by atoms with Gasteiger partial charge in [0, 0.05) is 18.0 Å². The smallest absolute Gasteiger partial charge is 0.493 e. The molecule has 1 aliphatic rings. The second-order valence-corrected chi connectivity index (χ2v) is 9.68. The van der Waals surface area contributed by atoms with Crippen LogP contribution < -0.4 is 25.3 Å². The lowest BCUT2D eigenvalue weighted by Gasteiger charge is -2.30. The molecule has 0 saturated heterocycles. The standard InChI is InChI=1S/C28H24F7N3O5/c1-41-22-13-18(43-28(33,34)35)6-7-21(22)42-23-11-15(14-2-4-16(5-3-14)27(30,31)32)10-19(29)24(23)26(40)38-17-8-9-37-20(12-17)25(36)39/h6-14,16H,2-5H2,1H3,(H2,36,39)(H,37,38,40). The Morgan fingerprint density at radius 2 is 1.63 bits per heavy atom. The first-order valence-corrected chi connectivity index (χ1v) is 12.7. The molecule has 43 heavy (non-hydrogen) atoms. The molecular weight excluding hydrogens is 591 g/mol. The zero-order valence-electron chi connectivity index (χ0n) is 22.3. The molecule has 0 aliphatic heterocycles. The zero-order chi connectivity index (χ0) is 31.5. The van der Waals surface area contributed by atoms with Crippen LogP contribution in [0.5, 0.6) is 23.0 Å². The highest BCUT2D eigenvalue weighted by Gasteiger charge is 2.42. The Balaban J connectivity index is 1.71. The Kier molecular flexibility index (Phi) is 9.01. The fraction of sp³-hybridized carbons (Fsp3) is 0.321. The lowest BCUT2D eigenvalue weighted by Crippen LogP contribution is -2.27. The van der Waals surface area contributed by atoms with Crippen molar-refractivity contribution >= 4 is 17.5 Å². The van der Waals surface area contributed by atoms with E-state index in [1.54, 1.807) is 0 Å². The van der Waals surface area contributed by atoms with Crippen LogP contribution in [0, 0.1) is 11.7 Å². The Hall–Kier alpha value is -4.56. The predicted octanol–water partition coefficient (Wildman–Crippen LogP) is 7.11. The average molecular weight is 616 g/mol. The van der Waals surface area contributed by atoms with Gasteiger partial charge >= 0.3 is 12.5 Å². The number of ether oxygens (including phenoxy) is 3. The van der Waals surface area contributed by atoms with Crippen molar-refractivity contribution < 1.29 is 54.5 Å². The van der Waals surface area contributed by atoms with Crippen molar-refractivity contribution in [1.29, 1.82) is 0 Å². The van der Waals surface area contributed by atoms with Crippen molar-refractivity contribution in [3.05, 3.63) is 71.3 Å². The number of aromatic nitrogens is 1. The van der Waals surface area contributed by atoms with Crippen LogP contribution in [0.3, 0.4) is 0 Å². The third kappa shape index (κ3) is 7.84. The molecule has 2 amide bonds. The van der Waals surface area contributed by atoms with E-state index >= 15 is 4.39 Å². The third-order valence-corrected chi connectivity index (χ3v) is 6.82. The van der Waals surface area contributed by atoms with Gasteiger partial charge in [-0.15, -0.1) is 13.2 Å². The minimum Gasteiger partial charge on any atom is -0.493 e. The first kappa shape index (κ1) is 31.4. The molecule has 0 bridgehead atoms. The molecule has 4 rings (SSSR count). The first-order chi connectivity index (χ1) is 20.1. The van der Waals surface area contributed by atoms with Crippen LogP contribution in [0.25, 0.3) is 0 Å². The average Bonchev–Trinajstić information content (AvgIpc) is 2.92. The molecule has 1 heterocycles. The Labute approximate surface area is 239 Å². The minimum absolute atomic E-state index is 0.0277. The van der Waals surface area contributed by atoms with Crippen molar-refractivity contribution in [2.75, 3.05) is 12.4 Å². The van der Waals surface area contributed by atoms with E-state index in [9.17, 15) is 35.9 Å². The predicted molar refractivity (Wildman–Crippen MR) is 138 cm³/mol. The van der Waals surface area contributed by atoms with Gasteiger partial charge in [-0.3, -0.25) is 14.6 Å². The van der Waals surface area contributed by atoms with Crippen LogP contribution in [0.2, 0.25) is 0 Å². The maximum Gasteiger partial charge on any atom is 0.573 e. The number of nitrogens with zero attached hydrogens (tertiary/aromatic N) is 1. The van der Waals surface area contributed by atoms with Crippen molar-refractivity contribution in [3.8, 4) is 23.0 Å². The molecule has 2 aromatic carbocycles. The molecule has 1 aromatic heterocycles. The topological polar surface area (TPSA) is 113 Å². The molecule has 1 saturated carbocycles. The van der Waals surface area contributed by atoms with Crippen molar-refractivity contribution in [1.82, 2.24) is 4.98 Å². The zero-order valence-corrected chi connectivity index (χ0v) is 22.3. The lowest BCUT2D eigenvalue weighted by molar-refractivity contribution is -0.274. The number of primary amides is 1. The van der Waals surface area contributed by atoms with Crippen LogP contribution >= 0.6 is 0 Å². The molecule has 15 heteroatoms. The van der Waals surface area contributed by atoms with Gasteiger partial charge in [0.25, 0.3) is 11.8 Å². The van der Waals surface area contributed by atoms with Crippen LogP contribution in [0.4, 0.5) is 36.4 Å². The maximum atomic E-state index is 15.6. The van der Waals surface area contributed by atoms with Gasteiger partial charge in [0.15, 0.2) is 11.5 Å². The number of carbonyl (C=O) groups is 2. The van der Waals surface area contributed by atoms with Crippen molar-refractivity contribution in [2.24, 2.45) is 11.7 Å². The molecule has 1 aliphatic carbocycles. The molecule has 8 nitrogen and oxygen atoms in total. The van der Waals surface area contributed by atoms with Crippen LogP contribution in [0.15, 0.2) is 48.7 Å². The van der Waals surface area contributed by atoms with Gasteiger partial charge in [-0.2, -0.15) is 13.2 Å². The summed E-state index contributed by atoms with van der Waals surface area (Å²) < 4.78 is 108. The number of methoxy groups -OCH3 is 1. The highest BCUT2D eigenvalue weighted by molar-refractivity contribution is 6.07. The fourth-order valence-electron chi connectivity index (χ4n) is 4.78. The number of carbonyl (C=O) groups excluding carboxylic acids is 2. The number of benzene rings is 2. The Morgan fingerprint density at radius 1 is 0.930 bits per heavy atom. The van der Waals surface area contributed by atoms with E-state index in [1.165, 1.54) is 18.3 Å². The third-order valence-electron chi connectivity index (χ3n) is 6.82. The second kappa shape index (κ2) is 12.4. The Morgan fingerprint density at radius 3 is 2.23 bits per heavy atom. The van der Waals surface area contributed by atoms with Gasteiger partial charge in [0.1, 0.15) is 28.6 Å². The minimum atomic E-state index is -5.00. The molecule has 0 atom stereocenters. The summed E-state index contributed by atoms with van der Waals surface area (Å²) in [5.74, 6) is -6.50. The monoisotopic (exact) mass is 615 g/mol. The van der Waals surface area contributed by atoms with E-state index in [4.69, 9.17) is 15.2 Å². The summed E-state index contributed by atoms with van der Waals surface area (Å²) in [6.45, 7) is 0. The molecule has 3 N–H and O–H groups in total. The summed E-state index contributed by atoms with van der Waals surface area (Å²) in [7, 11) is 1.13. The van der Waals surface area contributed by atoms with Crippen LogP contribution in [-0.2, 0) is 0 Å². The van der Waals surface area contributed by atoms with Gasteiger partial charge < -0.3 is 25.3 Å². The normalized spacial score (nSPS) is 17.2. The number of amides is 2. The van der Waals surface area contributed by atoms with E-state index in [-0.39, 0.29) is 54.1 Å². The number of pyridine rings is 1. The number of alkyl halides is 6. The van der Waals surface area contributed by atoms with Crippen molar-refractivity contribution in [2.45, 2.75) is 44.1 Å². The summed E-state index contributed by atoms with van der Waals surface area (Å²) in [6, 6.07) is 7.59. The number of nitrogens with one attached hydrogen (secondary N) is 1. The van der Waals surface area contributed by atoms with E-state index in [0.717, 1.165) is 37.4 Å². The summed E-state index contributed by atoms with van der Waals surface area (Å²) >= 11 is 0. The van der Waals surface area contributed by atoms with Gasteiger partial charge in [-0.25, -0.2) is 4.39 Å². The largest absolute Gasteiger partial charge is 0.573 e. The lowest BCUT2D eigenvalue weighted by atomic mass is 9.78. The molecule has 1 fully saturated rings. The van der Waals surface area contributed by atoms with Gasteiger partial charge in [-0.05, 0) is 73.6 Å². The maximum absolute atomic E-state index is 15.6. The van der Waals surface area contributed by atoms with Crippen LogP contribution in [-0.4, -0.2) is 36.4 Å². The SMILES string of the molecule is COc1cc(OC(F)(F)F)ccc1Oc1cc(C2CCC(C(F)(F)F)CC2)cc(F)c1C(=O)Nc1ccnc(C(N)=O)c1. The Bertz CT molecular complexity index is 1500. The van der Waals surface area contributed by atoms with Crippen LogP contribution in [0.1, 0.15) is 58.0 Å². The molecule has 3 aromatic rings. The first-order valence-electron chi connectivity index (χ1n) is 12.7. The molecule has 0 radical (unpaired) electrons. The number of anilines is 1. The number of hydrogen-bond donors (Lipinski definition) is 2. The van der Waals surface area contributed by atoms with Gasteiger partial charge in [0.2, 0.25) is 0 Å². The summed E-state index contributed by atoms with van der Waals surface area (Å²) in [6.07, 6.45) is -8.34.